The van der Waals surface area contributed by atoms with Crippen LogP contribution in [0.15, 0.2) is 159 Å². The molecule has 19 nitrogen and oxygen atoms in total. The molecule has 0 saturated heterocycles. The SMILES string of the molecule is COc1ccc(CCn2c(CCn3nc4ccccn4c3=O)nc3ccccc3c2=O)cc1OC.O=C1c2ccccc2C(=O)N1CCn1c(=O)c2ccccc2c(=O)n1CCN1C(=O)c2ccccc2C1=O. The van der Waals surface area contributed by atoms with Crippen molar-refractivity contribution in [3.63, 3.8) is 0 Å². The Morgan fingerprint density at radius 1 is 0.466 bits per heavy atom. The van der Waals surface area contributed by atoms with Gasteiger partial charge in [-0.2, -0.15) is 0 Å². The van der Waals surface area contributed by atoms with Gasteiger partial charge in [0, 0.05) is 32.3 Å². The fourth-order valence-corrected chi connectivity index (χ4v) is 9.30. The number of para-hydroxylation sites is 1. The molecule has 5 aromatic carbocycles. The Hall–Kier alpha value is -9.52. The van der Waals surface area contributed by atoms with Crippen molar-refractivity contribution in [1.29, 1.82) is 0 Å². The molecule has 0 saturated carbocycles. The van der Waals surface area contributed by atoms with Gasteiger partial charge in [0.05, 0.1) is 77.8 Å². The zero-order valence-electron chi connectivity index (χ0n) is 39.5. The van der Waals surface area contributed by atoms with Crippen molar-refractivity contribution in [2.45, 2.75) is 39.0 Å². The molecule has 2 aliphatic heterocycles. The van der Waals surface area contributed by atoms with E-state index in [0.29, 0.717) is 59.8 Å². The van der Waals surface area contributed by atoms with Crippen LogP contribution in [-0.4, -0.2) is 93.8 Å². The molecule has 2 aliphatic rings. The number of benzene rings is 5. The second-order valence-corrected chi connectivity index (χ2v) is 17.1. The van der Waals surface area contributed by atoms with Gasteiger partial charge in [-0.15, -0.1) is 5.10 Å². The Morgan fingerprint density at radius 2 is 0.973 bits per heavy atom. The minimum Gasteiger partial charge on any atom is -0.493 e. The lowest BCUT2D eigenvalue weighted by atomic mass is 10.1. The Labute approximate surface area is 413 Å². The lowest BCUT2D eigenvalue weighted by Gasteiger charge is -2.21. The molecule has 6 heterocycles. The maximum atomic E-state index is 13.5. The number of aromatic nitrogens is 7. The van der Waals surface area contributed by atoms with Crippen LogP contribution in [0.25, 0.3) is 27.3 Å². The molecule has 4 amide bonds. The van der Waals surface area contributed by atoms with Gasteiger partial charge in [0.25, 0.3) is 40.3 Å². The number of rotatable bonds is 14. The summed E-state index contributed by atoms with van der Waals surface area (Å²) in [6.45, 7) is 0.163. The van der Waals surface area contributed by atoms with Crippen LogP contribution < -0.4 is 31.8 Å². The number of pyridine rings is 1. The normalized spacial score (nSPS) is 13.0. The molecule has 0 N–H and O–H groups in total. The predicted octanol–water partition coefficient (Wildman–Crippen LogP) is 4.46. The van der Waals surface area contributed by atoms with E-state index in [-0.39, 0.29) is 70.5 Å². The van der Waals surface area contributed by atoms with Crippen LogP contribution in [0.5, 0.6) is 11.5 Å². The van der Waals surface area contributed by atoms with Crippen molar-refractivity contribution < 1.29 is 28.7 Å². The minimum atomic E-state index is -0.487. The summed E-state index contributed by atoms with van der Waals surface area (Å²) in [5, 5.41) is 5.34. The Bertz CT molecular complexity index is 3760. The largest absolute Gasteiger partial charge is 0.493 e. The highest BCUT2D eigenvalue weighted by atomic mass is 16.5. The summed E-state index contributed by atoms with van der Waals surface area (Å²) in [5.41, 5.74) is 2.06. The average Bonchev–Trinajstić information content (AvgIpc) is 3.98. The third-order valence-corrected chi connectivity index (χ3v) is 13.0. The fourth-order valence-electron chi connectivity index (χ4n) is 9.30. The lowest BCUT2D eigenvalue weighted by Crippen LogP contribution is -2.44. The van der Waals surface area contributed by atoms with Crippen molar-refractivity contribution in [3.8, 4) is 11.5 Å². The molecule has 9 aromatic rings. The average molecular weight is 980 g/mol. The number of carbonyl (C=O) groups excluding carboxylic acids is 4. The van der Waals surface area contributed by atoms with E-state index in [1.165, 1.54) is 30.6 Å². The van der Waals surface area contributed by atoms with Gasteiger partial charge in [-0.25, -0.2) is 23.8 Å². The molecule has 366 valence electrons. The summed E-state index contributed by atoms with van der Waals surface area (Å²) in [6, 6.07) is 37.7. The number of fused-ring (bicyclic) bond motifs is 5. The molecule has 11 rings (SSSR count). The standard InChI is InChI=1S/C28H20N4O6.C26H25N5O4/c33-23-17-7-1-2-8-18(17)24(34)29(23)13-15-31-27(37)21-11-5-6-12-22(21)28(38)32(31)16-14-30-25(35)19-9-3-4-10-20(19)26(30)36;1-34-21-11-10-18(17-22(21)35-2)12-15-29-23(27-20-8-4-3-7-19(20)25(29)32)13-16-31-26(33)30-14-6-5-9-24(30)28-31/h1-12H,13-16H2;3-11,14,17H,12-13,15-16H2,1-2H3. The summed E-state index contributed by atoms with van der Waals surface area (Å²) in [7, 11) is 3.19. The predicted molar refractivity (Wildman–Crippen MR) is 268 cm³/mol. The summed E-state index contributed by atoms with van der Waals surface area (Å²) in [4.78, 5) is 111. The van der Waals surface area contributed by atoms with E-state index < -0.39 is 34.7 Å². The summed E-state index contributed by atoms with van der Waals surface area (Å²) < 4.78 is 17.7. The summed E-state index contributed by atoms with van der Waals surface area (Å²) in [5.74, 6) is 0.00961. The highest BCUT2D eigenvalue weighted by Crippen LogP contribution is 2.28. The van der Waals surface area contributed by atoms with Crippen LogP contribution >= 0.6 is 0 Å². The Morgan fingerprint density at radius 3 is 1.51 bits per heavy atom. The molecule has 0 spiro atoms. The number of hydrogen-bond donors (Lipinski definition) is 0. The highest BCUT2D eigenvalue weighted by molar-refractivity contribution is 6.22. The summed E-state index contributed by atoms with van der Waals surface area (Å²) in [6.07, 6.45) is 2.67. The number of ether oxygens (including phenoxy) is 2. The van der Waals surface area contributed by atoms with Gasteiger partial charge in [0.2, 0.25) is 0 Å². The maximum Gasteiger partial charge on any atom is 0.350 e. The van der Waals surface area contributed by atoms with Gasteiger partial charge in [-0.05, 0) is 84.8 Å². The fraction of sp³-hybridized carbons (Fsp3) is 0.185. The van der Waals surface area contributed by atoms with E-state index in [0.717, 1.165) is 15.4 Å². The van der Waals surface area contributed by atoms with E-state index in [2.05, 4.69) is 5.10 Å². The zero-order valence-corrected chi connectivity index (χ0v) is 39.5. The van der Waals surface area contributed by atoms with Crippen LogP contribution in [0.2, 0.25) is 0 Å². The molecule has 0 aliphatic carbocycles. The van der Waals surface area contributed by atoms with E-state index >= 15 is 0 Å². The first-order chi connectivity index (χ1) is 35.5. The van der Waals surface area contributed by atoms with Crippen LogP contribution in [0.3, 0.4) is 0 Å². The molecule has 0 bridgehead atoms. The summed E-state index contributed by atoms with van der Waals surface area (Å²) >= 11 is 0. The van der Waals surface area contributed by atoms with Crippen LogP contribution in [0.1, 0.15) is 52.8 Å². The van der Waals surface area contributed by atoms with Crippen LogP contribution in [0.4, 0.5) is 0 Å². The van der Waals surface area contributed by atoms with E-state index in [9.17, 15) is 38.4 Å². The van der Waals surface area contributed by atoms with Crippen LogP contribution in [0, 0.1) is 0 Å². The van der Waals surface area contributed by atoms with Crippen molar-refractivity contribution >= 4 is 51.0 Å². The second kappa shape index (κ2) is 19.7. The van der Waals surface area contributed by atoms with Gasteiger partial charge in [0.1, 0.15) is 5.82 Å². The van der Waals surface area contributed by atoms with Crippen LogP contribution in [-0.2, 0) is 39.0 Å². The quantitative estimate of drug-likeness (QED) is 0.138. The van der Waals surface area contributed by atoms with Gasteiger partial charge < -0.3 is 9.47 Å². The maximum absolute atomic E-state index is 13.5. The number of carbonyl (C=O) groups is 4. The lowest BCUT2D eigenvalue weighted by molar-refractivity contribution is 0.0618. The smallest absolute Gasteiger partial charge is 0.350 e. The van der Waals surface area contributed by atoms with Gasteiger partial charge >= 0.3 is 5.69 Å². The highest BCUT2D eigenvalue weighted by Gasteiger charge is 2.36. The topological polar surface area (TPSA) is 211 Å². The molecule has 0 fully saturated rings. The number of amides is 4. The van der Waals surface area contributed by atoms with Crippen molar-refractivity contribution in [3.05, 3.63) is 215 Å². The first-order valence-electron chi connectivity index (χ1n) is 23.3. The number of methoxy groups -OCH3 is 2. The van der Waals surface area contributed by atoms with Gasteiger partial charge in [-0.3, -0.25) is 52.3 Å². The van der Waals surface area contributed by atoms with Crippen molar-refractivity contribution in [1.82, 2.24) is 42.9 Å². The van der Waals surface area contributed by atoms with E-state index in [1.807, 2.05) is 42.5 Å². The molecular formula is C54H45N9O10. The van der Waals surface area contributed by atoms with E-state index in [4.69, 9.17) is 14.5 Å². The van der Waals surface area contributed by atoms with Gasteiger partial charge in [0.15, 0.2) is 17.1 Å². The molecule has 0 atom stereocenters. The third kappa shape index (κ3) is 8.66. The molecule has 4 aromatic heterocycles. The molecule has 0 unspecified atom stereocenters. The number of hydrogen-bond acceptors (Lipinski definition) is 12. The van der Waals surface area contributed by atoms with Crippen molar-refractivity contribution in [2.24, 2.45) is 0 Å². The van der Waals surface area contributed by atoms with Crippen molar-refractivity contribution in [2.75, 3.05) is 27.3 Å². The molecule has 0 radical (unpaired) electrons. The Kier molecular flexibility index (Phi) is 12.7. The second-order valence-electron chi connectivity index (χ2n) is 17.1. The molecular weight excluding hydrogens is 935 g/mol. The monoisotopic (exact) mass is 979 g/mol. The number of aryl methyl sites for hydroxylation is 3. The number of imide groups is 2. The minimum absolute atomic E-state index is 0.103. The third-order valence-electron chi connectivity index (χ3n) is 13.0. The Balaban J connectivity index is 0.000000168. The number of nitrogens with zero attached hydrogens (tertiary/aromatic N) is 9. The first-order valence-corrected chi connectivity index (χ1v) is 23.3. The van der Waals surface area contributed by atoms with Gasteiger partial charge in [-0.1, -0.05) is 60.7 Å². The van der Waals surface area contributed by atoms with E-state index in [1.54, 1.807) is 104 Å². The molecule has 73 heavy (non-hydrogen) atoms. The first kappa shape index (κ1) is 47.2. The molecule has 19 heteroatoms. The zero-order chi connectivity index (χ0) is 50.9.